The topological polar surface area (TPSA) is 68.9 Å². The van der Waals surface area contributed by atoms with Crippen LogP contribution in [0, 0.1) is 0 Å². The summed E-state index contributed by atoms with van der Waals surface area (Å²) in [6.07, 6.45) is 5.29. The standard InChI is InChI=1S/C11H11N3O/c12-3-1-11(15)9-5-8-2-4-13-7-10(8)14-6-9/h2,4-7H,1,3,12H2. The molecule has 15 heavy (non-hydrogen) atoms. The number of carbonyl (C=O) groups excluding carboxylic acids is 1. The fraction of sp³-hybridized carbons (Fsp3) is 0.182. The molecule has 0 fully saturated rings. The van der Waals surface area contributed by atoms with Crippen molar-refractivity contribution in [3.8, 4) is 0 Å². The molecule has 4 heteroatoms. The van der Waals surface area contributed by atoms with Crippen LogP contribution in [0.25, 0.3) is 10.9 Å². The van der Waals surface area contributed by atoms with Gasteiger partial charge in [-0.25, -0.2) is 0 Å². The maximum atomic E-state index is 11.6. The summed E-state index contributed by atoms with van der Waals surface area (Å²) in [6.45, 7) is 0.368. The highest BCUT2D eigenvalue weighted by molar-refractivity contribution is 5.98. The number of nitrogens with two attached hydrogens (primary N) is 1. The van der Waals surface area contributed by atoms with Crippen LogP contribution in [0.1, 0.15) is 16.8 Å². The Morgan fingerprint density at radius 1 is 1.40 bits per heavy atom. The lowest BCUT2D eigenvalue weighted by Crippen LogP contribution is -2.08. The van der Waals surface area contributed by atoms with E-state index in [0.717, 1.165) is 10.9 Å². The third kappa shape index (κ3) is 1.99. The first-order valence-corrected chi connectivity index (χ1v) is 4.74. The van der Waals surface area contributed by atoms with E-state index in [1.165, 1.54) is 0 Å². The van der Waals surface area contributed by atoms with Gasteiger partial charge in [-0.2, -0.15) is 0 Å². The number of aromatic nitrogens is 2. The Balaban J connectivity index is 2.42. The maximum absolute atomic E-state index is 11.6. The number of nitrogens with zero attached hydrogens (tertiary/aromatic N) is 2. The highest BCUT2D eigenvalue weighted by atomic mass is 16.1. The van der Waals surface area contributed by atoms with Crippen molar-refractivity contribution in [3.63, 3.8) is 0 Å². The Bertz CT molecular complexity index is 496. The molecule has 0 saturated carbocycles. The van der Waals surface area contributed by atoms with Crippen molar-refractivity contribution < 1.29 is 4.79 Å². The Labute approximate surface area is 87.1 Å². The van der Waals surface area contributed by atoms with Crippen LogP contribution in [-0.4, -0.2) is 22.3 Å². The number of pyridine rings is 2. The summed E-state index contributed by atoms with van der Waals surface area (Å²) >= 11 is 0. The molecule has 0 spiro atoms. The first-order valence-electron chi connectivity index (χ1n) is 4.74. The molecule has 0 radical (unpaired) electrons. The number of Topliss-reactive ketones (excluding diaryl/α,β-unsaturated/α-hetero) is 1. The van der Waals surface area contributed by atoms with Gasteiger partial charge in [-0.05, 0) is 18.7 Å². The predicted molar refractivity (Wildman–Crippen MR) is 57.5 cm³/mol. The molecule has 0 aliphatic carbocycles. The van der Waals surface area contributed by atoms with Gasteiger partial charge < -0.3 is 5.73 Å². The first kappa shape index (κ1) is 9.73. The molecule has 0 aromatic carbocycles. The van der Waals surface area contributed by atoms with Crippen LogP contribution in [-0.2, 0) is 0 Å². The molecule has 2 rings (SSSR count). The Morgan fingerprint density at radius 3 is 3.07 bits per heavy atom. The van der Waals surface area contributed by atoms with E-state index in [4.69, 9.17) is 5.73 Å². The largest absolute Gasteiger partial charge is 0.330 e. The molecule has 2 N–H and O–H groups in total. The van der Waals surface area contributed by atoms with Crippen molar-refractivity contribution in [2.24, 2.45) is 5.73 Å². The quantitative estimate of drug-likeness (QED) is 0.756. The Hall–Kier alpha value is -1.81. The molecular formula is C11H11N3O. The van der Waals surface area contributed by atoms with Gasteiger partial charge in [0.05, 0.1) is 11.7 Å². The van der Waals surface area contributed by atoms with Crippen LogP contribution in [0.3, 0.4) is 0 Å². The van der Waals surface area contributed by atoms with Gasteiger partial charge in [0, 0.05) is 29.8 Å². The number of ketones is 1. The second-order valence-corrected chi connectivity index (χ2v) is 3.25. The zero-order valence-corrected chi connectivity index (χ0v) is 8.18. The summed E-state index contributed by atoms with van der Waals surface area (Å²) in [4.78, 5) is 19.7. The van der Waals surface area contributed by atoms with Gasteiger partial charge in [-0.3, -0.25) is 14.8 Å². The number of rotatable bonds is 3. The van der Waals surface area contributed by atoms with Gasteiger partial charge in [-0.15, -0.1) is 0 Å². The third-order valence-electron chi connectivity index (χ3n) is 2.18. The van der Waals surface area contributed by atoms with Crippen molar-refractivity contribution in [2.75, 3.05) is 6.54 Å². The minimum absolute atomic E-state index is 0.0312. The van der Waals surface area contributed by atoms with E-state index in [1.807, 2.05) is 12.1 Å². The van der Waals surface area contributed by atoms with Crippen molar-refractivity contribution in [1.29, 1.82) is 0 Å². The molecule has 4 nitrogen and oxygen atoms in total. The lowest BCUT2D eigenvalue weighted by molar-refractivity contribution is 0.0985. The van der Waals surface area contributed by atoms with Gasteiger partial charge in [0.15, 0.2) is 5.78 Å². The molecule has 2 heterocycles. The Morgan fingerprint density at radius 2 is 2.27 bits per heavy atom. The zero-order valence-electron chi connectivity index (χ0n) is 8.18. The smallest absolute Gasteiger partial charge is 0.165 e. The summed E-state index contributed by atoms with van der Waals surface area (Å²) in [7, 11) is 0. The molecular weight excluding hydrogens is 190 g/mol. The second-order valence-electron chi connectivity index (χ2n) is 3.25. The van der Waals surface area contributed by atoms with Gasteiger partial charge >= 0.3 is 0 Å². The van der Waals surface area contributed by atoms with E-state index in [0.29, 0.717) is 18.5 Å². The van der Waals surface area contributed by atoms with Crippen LogP contribution < -0.4 is 5.73 Å². The molecule has 0 aliphatic heterocycles. The predicted octanol–water partition coefficient (Wildman–Crippen LogP) is 1.16. The third-order valence-corrected chi connectivity index (χ3v) is 2.18. The number of hydrogen-bond donors (Lipinski definition) is 1. The van der Waals surface area contributed by atoms with E-state index >= 15 is 0 Å². The summed E-state index contributed by atoms with van der Waals surface area (Å²) in [5, 5.41) is 0.924. The number of carbonyl (C=O) groups is 1. The number of fused-ring (bicyclic) bond motifs is 1. The average Bonchev–Trinajstić information content (AvgIpc) is 2.29. The fourth-order valence-corrected chi connectivity index (χ4v) is 1.40. The SMILES string of the molecule is NCCC(=O)c1cnc2cnccc2c1. The van der Waals surface area contributed by atoms with Crippen molar-refractivity contribution in [1.82, 2.24) is 9.97 Å². The minimum atomic E-state index is 0.0312. The molecule has 0 amide bonds. The highest BCUT2D eigenvalue weighted by Crippen LogP contribution is 2.12. The van der Waals surface area contributed by atoms with Crippen molar-refractivity contribution >= 4 is 16.7 Å². The van der Waals surface area contributed by atoms with E-state index < -0.39 is 0 Å². The molecule has 0 saturated heterocycles. The summed E-state index contributed by atoms with van der Waals surface area (Å²) in [5.41, 5.74) is 6.73. The van der Waals surface area contributed by atoms with Gasteiger partial charge in [0.1, 0.15) is 0 Å². The zero-order chi connectivity index (χ0) is 10.7. The van der Waals surface area contributed by atoms with Crippen LogP contribution in [0.15, 0.2) is 30.7 Å². The van der Waals surface area contributed by atoms with Crippen molar-refractivity contribution in [2.45, 2.75) is 6.42 Å². The maximum Gasteiger partial charge on any atom is 0.165 e. The average molecular weight is 201 g/mol. The summed E-state index contributed by atoms with van der Waals surface area (Å²) in [6, 6.07) is 3.66. The van der Waals surface area contributed by atoms with E-state index in [2.05, 4.69) is 9.97 Å². The first-order chi connectivity index (χ1) is 7.31. The van der Waals surface area contributed by atoms with Crippen LogP contribution in [0.5, 0.6) is 0 Å². The van der Waals surface area contributed by atoms with E-state index in [1.54, 1.807) is 18.6 Å². The van der Waals surface area contributed by atoms with E-state index in [9.17, 15) is 4.79 Å². The molecule has 0 unspecified atom stereocenters. The Kier molecular flexibility index (Phi) is 2.69. The lowest BCUT2D eigenvalue weighted by atomic mass is 10.1. The molecule has 2 aromatic heterocycles. The highest BCUT2D eigenvalue weighted by Gasteiger charge is 2.05. The molecule has 76 valence electrons. The van der Waals surface area contributed by atoms with Crippen molar-refractivity contribution in [3.05, 3.63) is 36.3 Å². The minimum Gasteiger partial charge on any atom is -0.330 e. The monoisotopic (exact) mass is 201 g/mol. The molecule has 0 bridgehead atoms. The molecule has 0 aliphatic rings. The number of hydrogen-bond acceptors (Lipinski definition) is 4. The van der Waals surface area contributed by atoms with Gasteiger partial charge in [0.25, 0.3) is 0 Å². The lowest BCUT2D eigenvalue weighted by Gasteiger charge is -2.00. The van der Waals surface area contributed by atoms with Crippen LogP contribution in [0.2, 0.25) is 0 Å². The van der Waals surface area contributed by atoms with E-state index in [-0.39, 0.29) is 5.78 Å². The second kappa shape index (κ2) is 4.14. The summed E-state index contributed by atoms with van der Waals surface area (Å²) < 4.78 is 0. The summed E-state index contributed by atoms with van der Waals surface area (Å²) in [5.74, 6) is 0.0312. The fourth-order valence-electron chi connectivity index (χ4n) is 1.40. The van der Waals surface area contributed by atoms with Crippen LogP contribution in [0.4, 0.5) is 0 Å². The van der Waals surface area contributed by atoms with Gasteiger partial charge in [0.2, 0.25) is 0 Å². The van der Waals surface area contributed by atoms with Crippen LogP contribution >= 0.6 is 0 Å². The molecule has 0 atom stereocenters. The normalized spacial score (nSPS) is 10.5. The van der Waals surface area contributed by atoms with Gasteiger partial charge in [-0.1, -0.05) is 0 Å². The molecule has 2 aromatic rings.